The molecule has 0 atom stereocenters. The van der Waals surface area contributed by atoms with Crippen LogP contribution in [0.3, 0.4) is 0 Å². The Morgan fingerprint density at radius 1 is 1.11 bits per heavy atom. The van der Waals surface area contributed by atoms with Crippen LogP contribution in [0.25, 0.3) is 0 Å². The molecule has 0 bridgehead atoms. The first-order valence-electron chi connectivity index (χ1n) is 6.99. The molecule has 0 unspecified atom stereocenters. The molecular weight excluding hydrogens is 242 g/mol. The van der Waals surface area contributed by atoms with E-state index in [4.69, 9.17) is 9.47 Å². The number of Topliss-reactive ketones (excluding diaryl/α,β-unsaturated/α-hetero) is 1. The molecule has 1 fully saturated rings. The van der Waals surface area contributed by atoms with Crippen molar-refractivity contribution in [1.82, 2.24) is 5.32 Å². The van der Waals surface area contributed by atoms with Crippen LogP contribution in [0.2, 0.25) is 0 Å². The van der Waals surface area contributed by atoms with Gasteiger partial charge >= 0.3 is 0 Å². The van der Waals surface area contributed by atoms with E-state index in [0.29, 0.717) is 19.0 Å². The van der Waals surface area contributed by atoms with Crippen LogP contribution in [0, 0.1) is 5.92 Å². The molecular formula is C15H19NO3. The molecule has 0 radical (unpaired) electrons. The molecule has 1 aromatic rings. The Morgan fingerprint density at radius 2 is 1.84 bits per heavy atom. The van der Waals surface area contributed by atoms with Crippen molar-refractivity contribution >= 4 is 5.78 Å². The summed E-state index contributed by atoms with van der Waals surface area (Å²) in [6.45, 7) is 3.19. The van der Waals surface area contributed by atoms with Crippen molar-refractivity contribution < 1.29 is 14.3 Å². The third kappa shape index (κ3) is 2.73. The monoisotopic (exact) mass is 261 g/mol. The van der Waals surface area contributed by atoms with Crippen LogP contribution in [0.15, 0.2) is 18.2 Å². The second-order valence-corrected chi connectivity index (χ2v) is 5.10. The van der Waals surface area contributed by atoms with E-state index in [2.05, 4.69) is 5.32 Å². The quantitative estimate of drug-likeness (QED) is 0.828. The Balaban J connectivity index is 1.80. The molecule has 2 aliphatic heterocycles. The lowest BCUT2D eigenvalue weighted by Crippen LogP contribution is -2.31. The van der Waals surface area contributed by atoms with Gasteiger partial charge in [0, 0.05) is 17.9 Å². The normalized spacial score (nSPS) is 19.8. The molecule has 4 nitrogen and oxygen atoms in total. The van der Waals surface area contributed by atoms with Gasteiger partial charge in [-0.05, 0) is 44.1 Å². The molecule has 2 aliphatic rings. The molecule has 3 rings (SSSR count). The molecule has 102 valence electrons. The van der Waals surface area contributed by atoms with E-state index in [-0.39, 0.29) is 11.7 Å². The number of ketones is 1. The van der Waals surface area contributed by atoms with E-state index in [0.717, 1.165) is 43.7 Å². The highest BCUT2D eigenvalue weighted by Crippen LogP contribution is 2.31. The van der Waals surface area contributed by atoms with Gasteiger partial charge in [-0.1, -0.05) is 0 Å². The van der Waals surface area contributed by atoms with Crippen LogP contribution in [0.1, 0.15) is 29.6 Å². The molecule has 1 aromatic carbocycles. The zero-order valence-electron chi connectivity index (χ0n) is 11.0. The lowest BCUT2D eigenvalue weighted by molar-refractivity contribution is 0.0894. The van der Waals surface area contributed by atoms with E-state index < -0.39 is 0 Å². The molecule has 4 heteroatoms. The van der Waals surface area contributed by atoms with Crippen molar-refractivity contribution in [2.24, 2.45) is 5.92 Å². The average molecular weight is 261 g/mol. The van der Waals surface area contributed by atoms with Crippen molar-refractivity contribution in [3.63, 3.8) is 0 Å². The maximum absolute atomic E-state index is 12.4. The maximum atomic E-state index is 12.4. The largest absolute Gasteiger partial charge is 0.490 e. The number of carbonyl (C=O) groups is 1. The predicted octanol–water partition coefficient (Wildman–Crippen LogP) is 2.03. The summed E-state index contributed by atoms with van der Waals surface area (Å²) in [5, 5.41) is 3.28. The van der Waals surface area contributed by atoms with Gasteiger partial charge in [-0.25, -0.2) is 0 Å². The van der Waals surface area contributed by atoms with Crippen molar-refractivity contribution in [3.8, 4) is 11.5 Å². The number of carbonyl (C=O) groups excluding carboxylic acids is 1. The van der Waals surface area contributed by atoms with Crippen LogP contribution in [0.4, 0.5) is 0 Å². The second kappa shape index (κ2) is 5.61. The minimum absolute atomic E-state index is 0.144. The van der Waals surface area contributed by atoms with Crippen LogP contribution >= 0.6 is 0 Å². The predicted molar refractivity (Wildman–Crippen MR) is 72.0 cm³/mol. The number of fused-ring (bicyclic) bond motifs is 1. The molecule has 0 aliphatic carbocycles. The second-order valence-electron chi connectivity index (χ2n) is 5.10. The molecule has 0 aromatic heterocycles. The first-order chi connectivity index (χ1) is 9.34. The first-order valence-corrected chi connectivity index (χ1v) is 6.99. The van der Waals surface area contributed by atoms with E-state index in [1.165, 1.54) is 0 Å². The van der Waals surface area contributed by atoms with E-state index in [1.807, 2.05) is 18.2 Å². The Labute approximate surface area is 113 Å². The van der Waals surface area contributed by atoms with Gasteiger partial charge in [-0.2, -0.15) is 0 Å². The number of hydrogen-bond acceptors (Lipinski definition) is 4. The minimum atomic E-state index is 0.144. The van der Waals surface area contributed by atoms with Crippen LogP contribution in [-0.4, -0.2) is 32.1 Å². The highest BCUT2D eigenvalue weighted by Gasteiger charge is 2.23. The standard InChI is InChI=1S/C15H19NO3/c17-15(11-4-6-16-7-5-11)12-2-3-13-14(10-12)19-9-1-8-18-13/h2-3,10-11,16H,1,4-9H2. The van der Waals surface area contributed by atoms with Crippen molar-refractivity contribution in [3.05, 3.63) is 23.8 Å². The number of piperidine rings is 1. The average Bonchev–Trinajstić information content (AvgIpc) is 2.72. The number of benzene rings is 1. The molecule has 19 heavy (non-hydrogen) atoms. The Morgan fingerprint density at radius 3 is 2.63 bits per heavy atom. The zero-order valence-corrected chi connectivity index (χ0v) is 11.0. The van der Waals surface area contributed by atoms with Gasteiger partial charge in [0.1, 0.15) is 0 Å². The summed E-state index contributed by atoms with van der Waals surface area (Å²) in [6.07, 6.45) is 2.73. The Hall–Kier alpha value is -1.55. The molecule has 1 saturated heterocycles. The fourth-order valence-corrected chi connectivity index (χ4v) is 2.64. The topological polar surface area (TPSA) is 47.6 Å². The molecule has 0 spiro atoms. The van der Waals surface area contributed by atoms with Crippen LogP contribution in [-0.2, 0) is 0 Å². The van der Waals surface area contributed by atoms with Gasteiger partial charge in [0.2, 0.25) is 0 Å². The van der Waals surface area contributed by atoms with Crippen LogP contribution < -0.4 is 14.8 Å². The summed E-state index contributed by atoms with van der Waals surface area (Å²) >= 11 is 0. The number of nitrogens with one attached hydrogen (secondary N) is 1. The van der Waals surface area contributed by atoms with Crippen molar-refractivity contribution in [1.29, 1.82) is 0 Å². The fourth-order valence-electron chi connectivity index (χ4n) is 2.64. The number of rotatable bonds is 2. The lowest BCUT2D eigenvalue weighted by Gasteiger charge is -2.21. The summed E-state index contributed by atoms with van der Waals surface area (Å²) in [7, 11) is 0. The van der Waals surface area contributed by atoms with Gasteiger partial charge in [-0.15, -0.1) is 0 Å². The zero-order chi connectivity index (χ0) is 13.1. The highest BCUT2D eigenvalue weighted by atomic mass is 16.5. The summed E-state index contributed by atoms with van der Waals surface area (Å²) in [5.74, 6) is 1.83. The molecule has 0 amide bonds. The fraction of sp³-hybridized carbons (Fsp3) is 0.533. The smallest absolute Gasteiger partial charge is 0.166 e. The SMILES string of the molecule is O=C(c1ccc2c(c1)OCCCO2)C1CCNCC1. The summed E-state index contributed by atoms with van der Waals surface area (Å²) < 4.78 is 11.2. The van der Waals surface area contributed by atoms with Gasteiger partial charge in [0.25, 0.3) is 0 Å². The summed E-state index contributed by atoms with van der Waals surface area (Å²) in [5.41, 5.74) is 0.746. The molecule has 2 heterocycles. The third-order valence-electron chi connectivity index (χ3n) is 3.74. The summed E-state index contributed by atoms with van der Waals surface area (Å²) in [4.78, 5) is 12.4. The number of hydrogen-bond donors (Lipinski definition) is 1. The van der Waals surface area contributed by atoms with E-state index >= 15 is 0 Å². The van der Waals surface area contributed by atoms with E-state index in [9.17, 15) is 4.79 Å². The van der Waals surface area contributed by atoms with Crippen molar-refractivity contribution in [2.45, 2.75) is 19.3 Å². The summed E-state index contributed by atoms with van der Waals surface area (Å²) in [6, 6.07) is 5.55. The minimum Gasteiger partial charge on any atom is -0.490 e. The Kier molecular flexibility index (Phi) is 3.69. The third-order valence-corrected chi connectivity index (χ3v) is 3.74. The van der Waals surface area contributed by atoms with Gasteiger partial charge in [-0.3, -0.25) is 4.79 Å². The lowest BCUT2D eigenvalue weighted by atomic mass is 9.89. The van der Waals surface area contributed by atoms with Gasteiger partial charge in [0.05, 0.1) is 13.2 Å². The first kappa shape index (κ1) is 12.5. The highest BCUT2D eigenvalue weighted by molar-refractivity contribution is 5.98. The Bertz CT molecular complexity index is 466. The molecule has 0 saturated carbocycles. The van der Waals surface area contributed by atoms with Crippen LogP contribution in [0.5, 0.6) is 11.5 Å². The van der Waals surface area contributed by atoms with Crippen molar-refractivity contribution in [2.75, 3.05) is 26.3 Å². The van der Waals surface area contributed by atoms with Gasteiger partial charge in [0.15, 0.2) is 17.3 Å². The molecule has 1 N–H and O–H groups in total. The van der Waals surface area contributed by atoms with Gasteiger partial charge < -0.3 is 14.8 Å². The number of ether oxygens (including phenoxy) is 2. The maximum Gasteiger partial charge on any atom is 0.166 e. The van der Waals surface area contributed by atoms with E-state index in [1.54, 1.807) is 0 Å².